The van der Waals surface area contributed by atoms with Crippen LogP contribution in [-0.2, 0) is 0 Å². The molecule has 2 N–H and O–H groups in total. The number of alkyl halides is 3. The second-order valence-electron chi connectivity index (χ2n) is 5.02. The number of fused-ring (bicyclic) bond motifs is 1. The first-order valence-corrected chi connectivity index (χ1v) is 7.32. The maximum atomic E-state index is 13.3. The van der Waals surface area contributed by atoms with Crippen LogP contribution in [0, 0.1) is 6.92 Å². The van der Waals surface area contributed by atoms with Gasteiger partial charge in [-0.1, -0.05) is 0 Å². The van der Waals surface area contributed by atoms with Gasteiger partial charge < -0.3 is 14.9 Å². The van der Waals surface area contributed by atoms with E-state index in [4.69, 9.17) is 4.74 Å². The predicted octanol–water partition coefficient (Wildman–Crippen LogP) is 3.15. The van der Waals surface area contributed by atoms with Crippen LogP contribution >= 0.6 is 11.3 Å². The molecule has 0 bridgehead atoms. The van der Waals surface area contributed by atoms with Crippen LogP contribution in [0.2, 0.25) is 0 Å². The van der Waals surface area contributed by atoms with Gasteiger partial charge in [-0.25, -0.2) is 4.98 Å². The van der Waals surface area contributed by atoms with Crippen LogP contribution in [0.3, 0.4) is 0 Å². The number of halogens is 3. The lowest BCUT2D eigenvalue weighted by Crippen LogP contribution is -2.46. The Morgan fingerprint density at radius 1 is 1.30 bits per heavy atom. The molecule has 5 nitrogen and oxygen atoms in total. The molecule has 122 valence electrons. The molecule has 1 aliphatic rings. The topological polar surface area (TPSA) is 79.7 Å². The van der Waals surface area contributed by atoms with Gasteiger partial charge in [-0.15, -0.1) is 11.3 Å². The predicted molar refractivity (Wildman–Crippen MR) is 74.2 cm³/mol. The Morgan fingerprint density at radius 3 is 2.57 bits per heavy atom. The number of aromatic hydroxyl groups is 2. The molecular weight excluding hydrogens is 335 g/mol. The highest BCUT2D eigenvalue weighted by atomic mass is 32.1. The lowest BCUT2D eigenvalue weighted by atomic mass is 9.86. The molecule has 2 atom stereocenters. The van der Waals surface area contributed by atoms with Gasteiger partial charge in [0.05, 0.1) is 16.3 Å². The first kappa shape index (κ1) is 15.6. The monoisotopic (exact) mass is 345 g/mol. The number of ketones is 1. The first-order chi connectivity index (χ1) is 10.7. The number of phenolic OH excluding ortho intramolecular Hbond substituents is 2. The minimum atomic E-state index is -4.85. The van der Waals surface area contributed by atoms with Crippen molar-refractivity contribution in [2.24, 2.45) is 0 Å². The van der Waals surface area contributed by atoms with Crippen molar-refractivity contribution in [2.75, 3.05) is 0 Å². The van der Waals surface area contributed by atoms with Gasteiger partial charge >= 0.3 is 6.18 Å². The molecule has 23 heavy (non-hydrogen) atoms. The van der Waals surface area contributed by atoms with Crippen LogP contribution in [-0.4, -0.2) is 33.3 Å². The van der Waals surface area contributed by atoms with Gasteiger partial charge in [0.1, 0.15) is 5.92 Å². The third-order valence-electron chi connectivity index (χ3n) is 3.48. The largest absolute Gasteiger partial charge is 0.504 e. The van der Waals surface area contributed by atoms with Gasteiger partial charge in [-0.05, 0) is 19.1 Å². The van der Waals surface area contributed by atoms with Crippen molar-refractivity contribution in [1.29, 1.82) is 0 Å². The lowest BCUT2D eigenvalue weighted by molar-refractivity contribution is -0.200. The smallest absolute Gasteiger partial charge is 0.426 e. The third-order valence-corrected chi connectivity index (χ3v) is 4.28. The number of thiazole rings is 1. The van der Waals surface area contributed by atoms with Crippen molar-refractivity contribution in [3.63, 3.8) is 0 Å². The summed E-state index contributed by atoms with van der Waals surface area (Å²) in [5.41, 5.74) is -0.255. The summed E-state index contributed by atoms with van der Waals surface area (Å²) in [6.45, 7) is 1.61. The summed E-state index contributed by atoms with van der Waals surface area (Å²) in [5.74, 6) is -4.75. The van der Waals surface area contributed by atoms with Gasteiger partial charge in [0.2, 0.25) is 11.9 Å². The Balaban J connectivity index is 2.18. The lowest BCUT2D eigenvalue weighted by Gasteiger charge is -2.33. The summed E-state index contributed by atoms with van der Waals surface area (Å²) in [4.78, 5) is 16.5. The number of rotatable bonds is 1. The van der Waals surface area contributed by atoms with Crippen LogP contribution in [0.15, 0.2) is 17.5 Å². The molecule has 0 amide bonds. The summed E-state index contributed by atoms with van der Waals surface area (Å²) in [6, 6.07) is 2.14. The number of phenols is 2. The van der Waals surface area contributed by atoms with Crippen molar-refractivity contribution >= 4 is 17.1 Å². The maximum Gasteiger partial charge on any atom is 0.426 e. The molecule has 2 aromatic rings. The fourth-order valence-corrected chi connectivity index (χ4v) is 3.09. The van der Waals surface area contributed by atoms with Crippen LogP contribution < -0.4 is 4.74 Å². The molecular formula is C14H10F3NO4S. The summed E-state index contributed by atoms with van der Waals surface area (Å²) in [5, 5.41) is 21.0. The molecule has 1 aliphatic heterocycles. The van der Waals surface area contributed by atoms with Crippen molar-refractivity contribution in [3.05, 3.63) is 33.8 Å². The standard InChI is InChI=1S/C14H10F3NO4S/c1-5-18-7(4-23-5)9-10(20)6-2-3-8(19)11(21)12(6)22-13(9)14(15,16)17/h2-4,9,13,19,21H,1H3. The normalized spacial score (nSPS) is 21.0. The van der Waals surface area contributed by atoms with Gasteiger partial charge in [0.25, 0.3) is 0 Å². The Kier molecular flexibility index (Phi) is 3.47. The second kappa shape index (κ2) is 5.12. The summed E-state index contributed by atoms with van der Waals surface area (Å²) >= 11 is 1.12. The quantitative estimate of drug-likeness (QED) is 0.776. The molecule has 0 aliphatic carbocycles. The van der Waals surface area contributed by atoms with E-state index in [2.05, 4.69) is 4.98 Å². The van der Waals surface area contributed by atoms with Crippen LogP contribution in [0.5, 0.6) is 17.2 Å². The zero-order valence-electron chi connectivity index (χ0n) is 11.6. The van der Waals surface area contributed by atoms with Gasteiger partial charge in [0.15, 0.2) is 17.3 Å². The number of hydrogen-bond donors (Lipinski definition) is 2. The molecule has 2 heterocycles. The number of carbonyl (C=O) groups is 1. The Bertz CT molecular complexity index is 787. The SMILES string of the molecule is Cc1nc(C2C(=O)c3ccc(O)c(O)c3OC2C(F)(F)F)cs1. The Hall–Kier alpha value is -2.29. The molecule has 0 spiro atoms. The number of ether oxygens (including phenoxy) is 1. The minimum Gasteiger partial charge on any atom is -0.504 e. The van der Waals surface area contributed by atoms with Gasteiger partial charge in [0, 0.05) is 5.38 Å². The van der Waals surface area contributed by atoms with Gasteiger partial charge in [-0.3, -0.25) is 4.79 Å². The maximum absolute atomic E-state index is 13.3. The molecule has 0 saturated heterocycles. The molecule has 0 radical (unpaired) electrons. The number of nitrogens with zero attached hydrogens (tertiary/aromatic N) is 1. The number of aryl methyl sites for hydroxylation is 1. The van der Waals surface area contributed by atoms with Gasteiger partial charge in [-0.2, -0.15) is 13.2 Å². The fraction of sp³-hybridized carbons (Fsp3) is 0.286. The number of hydrogen-bond acceptors (Lipinski definition) is 6. The fourth-order valence-electron chi connectivity index (χ4n) is 2.44. The number of aromatic nitrogens is 1. The highest BCUT2D eigenvalue weighted by Crippen LogP contribution is 2.48. The average Bonchev–Trinajstić information content (AvgIpc) is 2.88. The Morgan fingerprint density at radius 2 is 2.00 bits per heavy atom. The third kappa shape index (κ3) is 2.50. The van der Waals surface area contributed by atoms with E-state index in [1.807, 2.05) is 0 Å². The second-order valence-corrected chi connectivity index (χ2v) is 6.09. The number of Topliss-reactive ketones (excluding diaryl/α,β-unsaturated/α-hetero) is 1. The average molecular weight is 345 g/mol. The van der Waals surface area contributed by atoms with Crippen molar-refractivity contribution in [1.82, 2.24) is 4.98 Å². The number of benzene rings is 1. The molecule has 0 saturated carbocycles. The van der Waals surface area contributed by atoms with Crippen molar-refractivity contribution < 1.29 is 32.9 Å². The van der Waals surface area contributed by atoms with Crippen molar-refractivity contribution in [2.45, 2.75) is 25.1 Å². The minimum absolute atomic E-state index is 0.0296. The molecule has 1 aromatic carbocycles. The van der Waals surface area contributed by atoms with E-state index in [-0.39, 0.29) is 11.3 Å². The zero-order valence-corrected chi connectivity index (χ0v) is 12.4. The highest BCUT2D eigenvalue weighted by molar-refractivity contribution is 7.09. The van der Waals surface area contributed by atoms with E-state index in [0.29, 0.717) is 5.01 Å². The van der Waals surface area contributed by atoms with Crippen LogP contribution in [0.25, 0.3) is 0 Å². The summed E-state index contributed by atoms with van der Waals surface area (Å²) in [7, 11) is 0. The van der Waals surface area contributed by atoms with E-state index in [1.165, 1.54) is 5.38 Å². The molecule has 3 rings (SSSR count). The van der Waals surface area contributed by atoms with Crippen LogP contribution in [0.4, 0.5) is 13.2 Å². The molecule has 0 fully saturated rings. The zero-order chi connectivity index (χ0) is 16.9. The van der Waals surface area contributed by atoms with E-state index in [1.54, 1.807) is 6.92 Å². The van der Waals surface area contributed by atoms with E-state index in [9.17, 15) is 28.2 Å². The van der Waals surface area contributed by atoms with E-state index >= 15 is 0 Å². The first-order valence-electron chi connectivity index (χ1n) is 6.44. The summed E-state index contributed by atoms with van der Waals surface area (Å²) < 4.78 is 44.9. The van der Waals surface area contributed by atoms with E-state index in [0.717, 1.165) is 23.5 Å². The Labute approximate surface area is 132 Å². The molecule has 1 aromatic heterocycles. The molecule has 2 unspecified atom stereocenters. The highest BCUT2D eigenvalue weighted by Gasteiger charge is 2.54. The van der Waals surface area contributed by atoms with E-state index < -0.39 is 41.2 Å². The molecule has 9 heteroatoms. The van der Waals surface area contributed by atoms with Crippen molar-refractivity contribution in [3.8, 4) is 17.2 Å². The number of carbonyl (C=O) groups excluding carboxylic acids is 1. The summed E-state index contributed by atoms with van der Waals surface area (Å²) in [6.07, 6.45) is -7.34. The van der Waals surface area contributed by atoms with Crippen LogP contribution in [0.1, 0.15) is 27.0 Å².